The fraction of sp³-hybridized carbons (Fsp3) is 0.214. The summed E-state index contributed by atoms with van der Waals surface area (Å²) in [6, 6.07) is 6.36. The number of halogens is 3. The van der Waals surface area contributed by atoms with E-state index in [1.807, 2.05) is 0 Å². The van der Waals surface area contributed by atoms with Gasteiger partial charge in [-0.1, -0.05) is 12.1 Å². The second-order valence-corrected chi connectivity index (χ2v) is 5.47. The largest absolute Gasteiger partial charge is 0.484 e. The highest BCUT2D eigenvalue weighted by Gasteiger charge is 2.28. The highest BCUT2D eigenvalue weighted by Crippen LogP contribution is 2.19. The Bertz CT molecular complexity index is 789. The van der Waals surface area contributed by atoms with Crippen LogP contribution in [0, 0.1) is 0 Å². The Morgan fingerprint density at radius 3 is 2.65 bits per heavy atom. The van der Waals surface area contributed by atoms with Crippen molar-refractivity contribution < 1.29 is 17.9 Å². The molecule has 0 spiro atoms. The highest BCUT2D eigenvalue weighted by molar-refractivity contribution is 7.16. The first-order valence-corrected chi connectivity index (χ1v) is 7.46. The van der Waals surface area contributed by atoms with Crippen molar-refractivity contribution in [2.75, 3.05) is 11.9 Å². The zero-order chi connectivity index (χ0) is 16.3. The summed E-state index contributed by atoms with van der Waals surface area (Å²) in [6.45, 7) is -0.850. The van der Waals surface area contributed by atoms with Crippen molar-refractivity contribution in [2.24, 2.45) is 0 Å². The van der Waals surface area contributed by atoms with Gasteiger partial charge in [0.2, 0.25) is 5.95 Å². The molecule has 120 valence electrons. The first-order chi connectivity index (χ1) is 11.0. The van der Waals surface area contributed by atoms with Crippen molar-refractivity contribution in [3.63, 3.8) is 0 Å². The Balaban J connectivity index is 1.57. The van der Waals surface area contributed by atoms with E-state index >= 15 is 0 Å². The van der Waals surface area contributed by atoms with Crippen molar-refractivity contribution >= 4 is 27.6 Å². The number of thiazole rings is 1. The molecule has 1 aromatic carbocycles. The Morgan fingerprint density at radius 1 is 1.13 bits per heavy atom. The predicted molar refractivity (Wildman–Crippen MR) is 80.5 cm³/mol. The van der Waals surface area contributed by atoms with E-state index in [1.54, 1.807) is 23.8 Å². The minimum Gasteiger partial charge on any atom is -0.484 e. The van der Waals surface area contributed by atoms with E-state index in [2.05, 4.69) is 25.0 Å². The maximum Gasteiger partial charge on any atom is 0.422 e. The van der Waals surface area contributed by atoms with Gasteiger partial charge < -0.3 is 10.1 Å². The quantitative estimate of drug-likeness (QED) is 0.768. The average Bonchev–Trinajstić information content (AvgIpc) is 2.99. The second kappa shape index (κ2) is 6.37. The number of hydrogen-bond donors (Lipinski definition) is 1. The van der Waals surface area contributed by atoms with E-state index in [1.165, 1.54) is 23.5 Å². The second-order valence-electron chi connectivity index (χ2n) is 4.64. The van der Waals surface area contributed by atoms with Gasteiger partial charge in [0.1, 0.15) is 16.1 Å². The van der Waals surface area contributed by atoms with Gasteiger partial charge in [-0.25, -0.2) is 15.0 Å². The number of nitrogens with zero attached hydrogens (tertiary/aromatic N) is 3. The molecule has 0 unspecified atom stereocenters. The van der Waals surface area contributed by atoms with Gasteiger partial charge in [0.15, 0.2) is 6.61 Å². The summed E-state index contributed by atoms with van der Waals surface area (Å²) in [5.74, 6) is 0.646. The molecule has 0 aliphatic heterocycles. The monoisotopic (exact) mass is 340 g/mol. The number of hydrogen-bond acceptors (Lipinski definition) is 6. The van der Waals surface area contributed by atoms with Crippen molar-refractivity contribution in [3.05, 3.63) is 41.5 Å². The van der Waals surface area contributed by atoms with Gasteiger partial charge in [-0.3, -0.25) is 0 Å². The van der Waals surface area contributed by atoms with Crippen LogP contribution in [-0.4, -0.2) is 27.7 Å². The Hall–Kier alpha value is -2.42. The van der Waals surface area contributed by atoms with Crippen LogP contribution in [0.25, 0.3) is 10.3 Å². The smallest absolute Gasteiger partial charge is 0.422 e. The molecule has 0 bridgehead atoms. The highest BCUT2D eigenvalue weighted by atomic mass is 32.1. The summed E-state index contributed by atoms with van der Waals surface area (Å²) >= 11 is 1.42. The third kappa shape index (κ3) is 4.28. The number of nitrogens with one attached hydrogen (secondary N) is 1. The van der Waals surface area contributed by atoms with Gasteiger partial charge in [0, 0.05) is 6.54 Å². The standard InChI is InChI=1S/C14H11F3N4OS/c15-14(16,17)7-22-10-3-1-9(2-4-10)5-18-13-19-6-11-12(21-13)23-8-20-11/h1-4,6,8H,5,7H2,(H,18,19,21). The van der Waals surface area contributed by atoms with Crippen LogP contribution < -0.4 is 10.1 Å². The molecule has 3 aromatic rings. The molecule has 0 radical (unpaired) electrons. The lowest BCUT2D eigenvalue weighted by Crippen LogP contribution is -2.19. The minimum absolute atomic E-state index is 0.174. The van der Waals surface area contributed by atoms with Crippen LogP contribution in [0.5, 0.6) is 5.75 Å². The first-order valence-electron chi connectivity index (χ1n) is 6.58. The van der Waals surface area contributed by atoms with E-state index in [0.717, 1.165) is 15.9 Å². The number of ether oxygens (including phenoxy) is 1. The normalized spacial score (nSPS) is 11.6. The molecule has 0 aliphatic carbocycles. The molecule has 0 amide bonds. The summed E-state index contributed by atoms with van der Waals surface area (Å²) in [7, 11) is 0. The fourth-order valence-corrected chi connectivity index (χ4v) is 2.43. The number of alkyl halides is 3. The van der Waals surface area contributed by atoms with Gasteiger partial charge in [-0.05, 0) is 17.7 Å². The Kier molecular flexibility index (Phi) is 4.28. The topological polar surface area (TPSA) is 59.9 Å². The fourth-order valence-electron chi connectivity index (χ4n) is 1.80. The van der Waals surface area contributed by atoms with Crippen LogP contribution in [-0.2, 0) is 6.54 Å². The van der Waals surface area contributed by atoms with E-state index in [9.17, 15) is 13.2 Å². The number of anilines is 1. The maximum absolute atomic E-state index is 12.1. The molecule has 3 rings (SSSR count). The molecular weight excluding hydrogens is 329 g/mol. The van der Waals surface area contributed by atoms with E-state index in [0.29, 0.717) is 12.5 Å². The average molecular weight is 340 g/mol. The molecule has 0 atom stereocenters. The minimum atomic E-state index is -4.34. The van der Waals surface area contributed by atoms with Crippen LogP contribution in [0.1, 0.15) is 5.56 Å². The van der Waals surface area contributed by atoms with Crippen LogP contribution in [0.4, 0.5) is 19.1 Å². The summed E-state index contributed by atoms with van der Waals surface area (Å²) < 4.78 is 40.8. The van der Waals surface area contributed by atoms with E-state index in [-0.39, 0.29) is 5.75 Å². The van der Waals surface area contributed by atoms with E-state index in [4.69, 9.17) is 0 Å². The molecule has 0 aliphatic rings. The summed E-state index contributed by atoms with van der Waals surface area (Å²) in [5.41, 5.74) is 3.31. The molecule has 9 heteroatoms. The molecule has 0 fully saturated rings. The number of benzene rings is 1. The van der Waals surface area contributed by atoms with Crippen LogP contribution in [0.3, 0.4) is 0 Å². The van der Waals surface area contributed by atoms with Gasteiger partial charge in [0.05, 0.1) is 11.7 Å². The first kappa shape index (κ1) is 15.5. The molecule has 23 heavy (non-hydrogen) atoms. The van der Waals surface area contributed by atoms with Crippen molar-refractivity contribution in [1.29, 1.82) is 0 Å². The molecule has 0 saturated carbocycles. The maximum atomic E-state index is 12.1. The summed E-state index contributed by atoms with van der Waals surface area (Å²) in [5, 5.41) is 3.05. The Labute approximate surface area is 133 Å². The Morgan fingerprint density at radius 2 is 1.91 bits per heavy atom. The molecule has 2 aromatic heterocycles. The van der Waals surface area contributed by atoms with Crippen molar-refractivity contribution in [3.8, 4) is 5.75 Å². The van der Waals surface area contributed by atoms with Gasteiger partial charge in [-0.15, -0.1) is 11.3 Å². The third-order valence-corrected chi connectivity index (χ3v) is 3.60. The summed E-state index contributed by atoms with van der Waals surface area (Å²) in [6.07, 6.45) is -2.71. The zero-order valence-electron chi connectivity index (χ0n) is 11.7. The molecule has 5 nitrogen and oxygen atoms in total. The molecule has 1 N–H and O–H groups in total. The van der Waals surface area contributed by atoms with Crippen LogP contribution in [0.2, 0.25) is 0 Å². The van der Waals surface area contributed by atoms with Crippen molar-refractivity contribution in [1.82, 2.24) is 15.0 Å². The van der Waals surface area contributed by atoms with Crippen LogP contribution in [0.15, 0.2) is 36.0 Å². The lowest BCUT2D eigenvalue weighted by atomic mass is 10.2. The number of rotatable bonds is 5. The lowest BCUT2D eigenvalue weighted by molar-refractivity contribution is -0.153. The molecule has 2 heterocycles. The molecule has 0 saturated heterocycles. The number of fused-ring (bicyclic) bond motifs is 1. The zero-order valence-corrected chi connectivity index (χ0v) is 12.5. The number of aromatic nitrogens is 3. The van der Waals surface area contributed by atoms with Gasteiger partial charge >= 0.3 is 6.18 Å². The lowest BCUT2D eigenvalue weighted by Gasteiger charge is -2.10. The van der Waals surface area contributed by atoms with Crippen LogP contribution >= 0.6 is 11.3 Å². The van der Waals surface area contributed by atoms with Gasteiger partial charge in [-0.2, -0.15) is 13.2 Å². The van der Waals surface area contributed by atoms with Gasteiger partial charge in [0.25, 0.3) is 0 Å². The van der Waals surface area contributed by atoms with Crippen molar-refractivity contribution in [2.45, 2.75) is 12.7 Å². The SMILES string of the molecule is FC(F)(F)COc1ccc(CNc2ncc3ncsc3n2)cc1. The predicted octanol–water partition coefficient (Wildman–Crippen LogP) is 3.64. The third-order valence-electron chi connectivity index (χ3n) is 2.87. The van der Waals surface area contributed by atoms with E-state index < -0.39 is 12.8 Å². The molecular formula is C14H11F3N4OS. The summed E-state index contributed by atoms with van der Waals surface area (Å²) in [4.78, 5) is 13.3.